The monoisotopic (exact) mass is 515 g/mol. The van der Waals surface area contributed by atoms with Crippen molar-refractivity contribution in [2.24, 2.45) is 5.10 Å². The second-order valence-corrected chi connectivity index (χ2v) is 8.57. The molecule has 0 saturated carbocycles. The molecule has 1 heterocycles. The van der Waals surface area contributed by atoms with Crippen LogP contribution in [0.25, 0.3) is 10.9 Å². The number of hydrogen-bond donors (Lipinski definition) is 2. The van der Waals surface area contributed by atoms with E-state index < -0.39 is 5.91 Å². The molecule has 4 rings (SSSR count). The van der Waals surface area contributed by atoms with E-state index in [-0.39, 0.29) is 11.3 Å². The van der Waals surface area contributed by atoms with Crippen molar-refractivity contribution < 1.29 is 9.90 Å². The van der Waals surface area contributed by atoms with Gasteiger partial charge in [0.1, 0.15) is 5.75 Å². The second-order valence-electron chi connectivity index (χ2n) is 6.84. The quantitative estimate of drug-likeness (QED) is 0.244. The summed E-state index contributed by atoms with van der Waals surface area (Å²) in [6.45, 7) is 0.601. The van der Waals surface area contributed by atoms with E-state index in [1.165, 1.54) is 12.1 Å². The van der Waals surface area contributed by atoms with Crippen LogP contribution in [0.1, 0.15) is 21.5 Å². The maximum Gasteiger partial charge on any atom is 0.275 e. The van der Waals surface area contributed by atoms with Crippen LogP contribution in [-0.2, 0) is 6.54 Å². The molecule has 1 amide bonds. The second kappa shape index (κ2) is 9.14. The van der Waals surface area contributed by atoms with Crippen LogP contribution in [-0.4, -0.2) is 21.8 Å². The number of carbonyl (C=O) groups is 1. The highest BCUT2D eigenvalue weighted by molar-refractivity contribution is 9.10. The normalized spacial score (nSPS) is 11.3. The first-order valence-electron chi connectivity index (χ1n) is 9.26. The van der Waals surface area contributed by atoms with E-state index in [1.807, 2.05) is 42.6 Å². The Kier molecular flexibility index (Phi) is 6.32. The fourth-order valence-corrected chi connectivity index (χ4v) is 3.94. The number of hydrogen-bond acceptors (Lipinski definition) is 3. The molecule has 0 spiro atoms. The van der Waals surface area contributed by atoms with Gasteiger partial charge >= 0.3 is 0 Å². The Balaban J connectivity index is 1.58. The van der Waals surface area contributed by atoms with Gasteiger partial charge < -0.3 is 9.67 Å². The standard InChI is InChI=1S/C23H16BrCl2N3O2/c24-16-6-8-22(30)18(10-16)23(31)28-27-11-15-13-29(21-4-2-1-3-17(15)21)12-14-5-7-19(25)20(26)9-14/h1-11,13,30H,12H2,(H,28,31)/b27-11+. The molecule has 3 aromatic carbocycles. The van der Waals surface area contributed by atoms with Crippen LogP contribution in [0.3, 0.4) is 0 Å². The predicted molar refractivity (Wildman–Crippen MR) is 128 cm³/mol. The molecular formula is C23H16BrCl2N3O2. The summed E-state index contributed by atoms with van der Waals surface area (Å²) >= 11 is 15.5. The van der Waals surface area contributed by atoms with Gasteiger partial charge in [0.05, 0.1) is 21.8 Å². The van der Waals surface area contributed by atoms with Crippen LogP contribution < -0.4 is 5.43 Å². The molecule has 31 heavy (non-hydrogen) atoms. The Hall–Kier alpha value is -2.80. The summed E-state index contributed by atoms with van der Waals surface area (Å²) in [6, 6.07) is 18.1. The number of carbonyl (C=O) groups excluding carboxylic acids is 1. The van der Waals surface area contributed by atoms with Crippen molar-refractivity contribution in [2.45, 2.75) is 6.54 Å². The molecule has 4 aromatic rings. The van der Waals surface area contributed by atoms with Gasteiger partial charge in [0.25, 0.3) is 5.91 Å². The fraction of sp³-hybridized carbons (Fsp3) is 0.0435. The number of phenolic OH excluding ortho intramolecular Hbond substituents is 1. The molecule has 5 nitrogen and oxygen atoms in total. The van der Waals surface area contributed by atoms with E-state index in [2.05, 4.69) is 31.0 Å². The summed E-state index contributed by atoms with van der Waals surface area (Å²) in [5, 5.41) is 16.0. The zero-order valence-corrected chi connectivity index (χ0v) is 19.1. The molecule has 0 aliphatic rings. The molecular weight excluding hydrogens is 501 g/mol. The topological polar surface area (TPSA) is 66.6 Å². The van der Waals surface area contributed by atoms with Crippen molar-refractivity contribution in [3.8, 4) is 5.75 Å². The van der Waals surface area contributed by atoms with Gasteiger partial charge in [-0.1, -0.05) is 63.4 Å². The average Bonchev–Trinajstić information content (AvgIpc) is 3.10. The zero-order chi connectivity index (χ0) is 22.0. The van der Waals surface area contributed by atoms with E-state index in [9.17, 15) is 9.90 Å². The molecule has 0 aliphatic carbocycles. The minimum atomic E-state index is -0.505. The molecule has 8 heteroatoms. The lowest BCUT2D eigenvalue weighted by atomic mass is 10.2. The van der Waals surface area contributed by atoms with Crippen molar-refractivity contribution in [1.29, 1.82) is 0 Å². The third-order valence-electron chi connectivity index (χ3n) is 4.73. The van der Waals surface area contributed by atoms with Gasteiger partial charge in [-0.2, -0.15) is 5.10 Å². The highest BCUT2D eigenvalue weighted by Gasteiger charge is 2.11. The smallest absolute Gasteiger partial charge is 0.275 e. The molecule has 0 unspecified atom stereocenters. The van der Waals surface area contributed by atoms with Crippen LogP contribution >= 0.6 is 39.1 Å². The van der Waals surface area contributed by atoms with Crippen molar-refractivity contribution in [2.75, 3.05) is 0 Å². The first-order chi connectivity index (χ1) is 14.9. The number of halogens is 3. The fourth-order valence-electron chi connectivity index (χ4n) is 3.25. The largest absolute Gasteiger partial charge is 0.507 e. The molecule has 1 aromatic heterocycles. The summed E-state index contributed by atoms with van der Waals surface area (Å²) in [4.78, 5) is 12.3. The van der Waals surface area contributed by atoms with Crippen molar-refractivity contribution in [1.82, 2.24) is 9.99 Å². The number of fused-ring (bicyclic) bond motifs is 1. The third-order valence-corrected chi connectivity index (χ3v) is 5.96. The van der Waals surface area contributed by atoms with Gasteiger partial charge in [0.15, 0.2) is 0 Å². The van der Waals surface area contributed by atoms with Gasteiger partial charge in [-0.3, -0.25) is 4.79 Å². The van der Waals surface area contributed by atoms with E-state index in [1.54, 1.807) is 18.3 Å². The van der Waals surface area contributed by atoms with Crippen LogP contribution in [0, 0.1) is 0 Å². The van der Waals surface area contributed by atoms with Crippen molar-refractivity contribution in [3.05, 3.63) is 98.1 Å². The number of aromatic nitrogens is 1. The Bertz CT molecular complexity index is 1320. The lowest BCUT2D eigenvalue weighted by Gasteiger charge is -2.06. The van der Waals surface area contributed by atoms with Gasteiger partial charge in [-0.25, -0.2) is 5.43 Å². The number of rotatable bonds is 5. The summed E-state index contributed by atoms with van der Waals surface area (Å²) in [5.74, 6) is -0.622. The van der Waals surface area contributed by atoms with Gasteiger partial charge in [0.2, 0.25) is 0 Å². The number of nitrogens with zero attached hydrogens (tertiary/aromatic N) is 2. The average molecular weight is 517 g/mol. The van der Waals surface area contributed by atoms with E-state index >= 15 is 0 Å². The lowest BCUT2D eigenvalue weighted by Crippen LogP contribution is -2.17. The van der Waals surface area contributed by atoms with Gasteiger partial charge in [0, 0.05) is 33.7 Å². The Morgan fingerprint density at radius 1 is 1.10 bits per heavy atom. The number of nitrogens with one attached hydrogen (secondary N) is 1. The molecule has 156 valence electrons. The molecule has 0 saturated heterocycles. The van der Waals surface area contributed by atoms with E-state index in [0.717, 1.165) is 22.0 Å². The Morgan fingerprint density at radius 2 is 1.90 bits per heavy atom. The molecule has 0 aliphatic heterocycles. The number of para-hydroxylation sites is 1. The molecule has 0 atom stereocenters. The van der Waals surface area contributed by atoms with Crippen LogP contribution in [0.15, 0.2) is 76.4 Å². The SMILES string of the molecule is O=C(N/N=C/c1cn(Cc2ccc(Cl)c(Cl)c2)c2ccccc12)c1cc(Br)ccc1O. The van der Waals surface area contributed by atoms with E-state index in [4.69, 9.17) is 23.2 Å². The maximum atomic E-state index is 12.3. The van der Waals surface area contributed by atoms with Crippen LogP contribution in [0.5, 0.6) is 5.75 Å². The molecule has 0 radical (unpaired) electrons. The highest BCUT2D eigenvalue weighted by atomic mass is 79.9. The van der Waals surface area contributed by atoms with E-state index in [0.29, 0.717) is 21.1 Å². The number of hydrazone groups is 1. The first-order valence-corrected chi connectivity index (χ1v) is 10.8. The van der Waals surface area contributed by atoms with Crippen LogP contribution in [0.2, 0.25) is 10.0 Å². The van der Waals surface area contributed by atoms with Crippen LogP contribution in [0.4, 0.5) is 0 Å². The number of amides is 1. The maximum absolute atomic E-state index is 12.3. The van der Waals surface area contributed by atoms with Gasteiger partial charge in [-0.05, 0) is 42.0 Å². The molecule has 2 N–H and O–H groups in total. The Labute approximate surface area is 197 Å². The summed E-state index contributed by atoms with van der Waals surface area (Å²) in [6.07, 6.45) is 3.54. The summed E-state index contributed by atoms with van der Waals surface area (Å²) in [5.41, 5.74) is 5.47. The molecule has 0 fully saturated rings. The van der Waals surface area contributed by atoms with Crippen molar-refractivity contribution >= 4 is 62.2 Å². The number of benzene rings is 3. The summed E-state index contributed by atoms with van der Waals surface area (Å²) < 4.78 is 2.77. The highest BCUT2D eigenvalue weighted by Crippen LogP contribution is 2.26. The molecule has 0 bridgehead atoms. The zero-order valence-electron chi connectivity index (χ0n) is 16.0. The summed E-state index contributed by atoms with van der Waals surface area (Å²) in [7, 11) is 0. The predicted octanol–water partition coefficient (Wildman–Crippen LogP) is 6.23. The number of aromatic hydroxyl groups is 1. The number of phenols is 1. The lowest BCUT2D eigenvalue weighted by molar-refractivity contribution is 0.0952. The first kappa shape index (κ1) is 21.4. The van der Waals surface area contributed by atoms with Gasteiger partial charge in [-0.15, -0.1) is 0 Å². The minimum Gasteiger partial charge on any atom is -0.507 e. The third kappa shape index (κ3) is 4.77. The Morgan fingerprint density at radius 3 is 2.71 bits per heavy atom. The minimum absolute atomic E-state index is 0.117. The van der Waals surface area contributed by atoms with Crippen molar-refractivity contribution in [3.63, 3.8) is 0 Å².